The van der Waals surface area contributed by atoms with Crippen LogP contribution in [0.5, 0.6) is 0 Å². The molecule has 0 fully saturated rings. The number of sulfonamides is 1. The van der Waals surface area contributed by atoms with Gasteiger partial charge < -0.3 is 10.2 Å². The molecule has 2 rings (SSSR count). The van der Waals surface area contributed by atoms with Crippen LogP contribution in [-0.2, 0) is 26.2 Å². The molecule has 0 aliphatic carbocycles. The molecule has 2 unspecified atom stereocenters. The van der Waals surface area contributed by atoms with Crippen LogP contribution >= 0.6 is 23.2 Å². The predicted octanol–water partition coefficient (Wildman–Crippen LogP) is 4.40. The smallest absolute Gasteiger partial charge is 0.244 e. The minimum Gasteiger partial charge on any atom is -0.352 e. The molecule has 186 valence electrons. The van der Waals surface area contributed by atoms with Gasteiger partial charge in [0.1, 0.15) is 12.6 Å². The van der Waals surface area contributed by atoms with Crippen molar-refractivity contribution in [3.8, 4) is 0 Å². The van der Waals surface area contributed by atoms with Gasteiger partial charge in [-0.1, -0.05) is 54.4 Å². The van der Waals surface area contributed by atoms with Crippen LogP contribution in [0.15, 0.2) is 42.5 Å². The molecular weight excluding hydrogens is 497 g/mol. The minimum atomic E-state index is -3.86. The number of hydrogen-bond donors (Lipinski definition) is 1. The molecule has 2 amide bonds. The van der Waals surface area contributed by atoms with Crippen LogP contribution < -0.4 is 9.62 Å². The molecule has 0 aromatic heterocycles. The lowest BCUT2D eigenvalue weighted by Crippen LogP contribution is -2.52. The topological polar surface area (TPSA) is 86.8 Å². The summed E-state index contributed by atoms with van der Waals surface area (Å²) in [7, 11) is -3.86. The van der Waals surface area contributed by atoms with E-state index in [-0.39, 0.29) is 34.2 Å². The summed E-state index contributed by atoms with van der Waals surface area (Å²) in [6, 6.07) is 11.0. The zero-order chi connectivity index (χ0) is 25.6. The molecule has 0 saturated heterocycles. The van der Waals surface area contributed by atoms with E-state index in [1.54, 1.807) is 6.92 Å². The number of hydrogen-bond acceptors (Lipinski definition) is 4. The van der Waals surface area contributed by atoms with E-state index in [1.807, 2.05) is 45.0 Å². The van der Waals surface area contributed by atoms with Crippen molar-refractivity contribution in [3.05, 3.63) is 63.6 Å². The fraction of sp³-hybridized carbons (Fsp3) is 0.417. The number of amides is 2. The zero-order valence-electron chi connectivity index (χ0n) is 20.0. The Morgan fingerprint density at radius 2 is 1.65 bits per heavy atom. The van der Waals surface area contributed by atoms with E-state index in [9.17, 15) is 18.0 Å². The van der Waals surface area contributed by atoms with Gasteiger partial charge in [0, 0.05) is 22.6 Å². The van der Waals surface area contributed by atoms with Crippen LogP contribution in [0.25, 0.3) is 0 Å². The van der Waals surface area contributed by atoms with E-state index in [0.717, 1.165) is 28.1 Å². The molecule has 7 nitrogen and oxygen atoms in total. The molecule has 1 N–H and O–H groups in total. The van der Waals surface area contributed by atoms with Gasteiger partial charge in [-0.25, -0.2) is 8.42 Å². The van der Waals surface area contributed by atoms with E-state index in [4.69, 9.17) is 23.2 Å². The summed E-state index contributed by atoms with van der Waals surface area (Å²) in [4.78, 5) is 27.8. The van der Waals surface area contributed by atoms with E-state index in [1.165, 1.54) is 23.1 Å². The maximum Gasteiger partial charge on any atom is 0.244 e. The molecule has 0 saturated carbocycles. The maximum atomic E-state index is 13.5. The maximum absolute atomic E-state index is 13.5. The van der Waals surface area contributed by atoms with Crippen LogP contribution in [0.2, 0.25) is 10.0 Å². The Labute approximate surface area is 212 Å². The van der Waals surface area contributed by atoms with Crippen LogP contribution in [0.1, 0.15) is 38.3 Å². The van der Waals surface area contributed by atoms with E-state index >= 15 is 0 Å². The third kappa shape index (κ3) is 7.61. The summed E-state index contributed by atoms with van der Waals surface area (Å²) in [5.74, 6) is -0.843. The molecule has 10 heteroatoms. The van der Waals surface area contributed by atoms with Crippen molar-refractivity contribution < 1.29 is 18.0 Å². The average Bonchev–Trinajstić information content (AvgIpc) is 2.74. The molecule has 0 radical (unpaired) electrons. The quantitative estimate of drug-likeness (QED) is 0.495. The van der Waals surface area contributed by atoms with Crippen molar-refractivity contribution in [2.45, 2.75) is 52.7 Å². The SMILES string of the molecule is CCC(C)NC(=O)C(C)N(Cc1ccccc1C)C(=O)CN(c1cc(Cl)cc(Cl)c1)S(C)(=O)=O. The first-order valence-corrected chi connectivity index (χ1v) is 13.5. The second-order valence-electron chi connectivity index (χ2n) is 8.34. The number of carbonyl (C=O) groups is 2. The van der Waals surface area contributed by atoms with Crippen LogP contribution in [0.4, 0.5) is 5.69 Å². The highest BCUT2D eigenvalue weighted by Gasteiger charge is 2.30. The number of anilines is 1. The summed E-state index contributed by atoms with van der Waals surface area (Å²) in [6.07, 6.45) is 1.74. The van der Waals surface area contributed by atoms with Crippen molar-refractivity contribution in [1.29, 1.82) is 0 Å². The number of halogens is 2. The average molecular weight is 529 g/mol. The van der Waals surface area contributed by atoms with Gasteiger partial charge in [0.25, 0.3) is 0 Å². The van der Waals surface area contributed by atoms with Crippen LogP contribution in [0, 0.1) is 6.92 Å². The normalized spacial score (nSPS) is 13.1. The summed E-state index contributed by atoms with van der Waals surface area (Å²) in [5.41, 5.74) is 1.98. The van der Waals surface area contributed by atoms with Gasteiger partial charge in [-0.2, -0.15) is 0 Å². The number of aryl methyl sites for hydroxylation is 1. The summed E-state index contributed by atoms with van der Waals surface area (Å²) in [6.45, 7) is 7.02. The minimum absolute atomic E-state index is 0.0634. The Hall–Kier alpha value is -2.29. The van der Waals surface area contributed by atoms with E-state index < -0.39 is 28.5 Å². The van der Waals surface area contributed by atoms with E-state index in [0.29, 0.717) is 0 Å². The second-order valence-corrected chi connectivity index (χ2v) is 11.1. The Morgan fingerprint density at radius 1 is 1.06 bits per heavy atom. The monoisotopic (exact) mass is 527 g/mol. The lowest BCUT2D eigenvalue weighted by Gasteiger charge is -2.32. The first-order valence-electron chi connectivity index (χ1n) is 10.9. The van der Waals surface area contributed by atoms with Crippen LogP contribution in [0.3, 0.4) is 0 Å². The fourth-order valence-electron chi connectivity index (χ4n) is 3.32. The number of carbonyl (C=O) groups excluding carboxylic acids is 2. The molecule has 2 atom stereocenters. The van der Waals surface area contributed by atoms with Gasteiger partial charge in [0.2, 0.25) is 21.8 Å². The largest absolute Gasteiger partial charge is 0.352 e. The van der Waals surface area contributed by atoms with E-state index in [2.05, 4.69) is 5.32 Å². The number of nitrogens with one attached hydrogen (secondary N) is 1. The second kappa shape index (κ2) is 11.9. The highest BCUT2D eigenvalue weighted by atomic mass is 35.5. The summed E-state index contributed by atoms with van der Waals surface area (Å²) < 4.78 is 26.1. The van der Waals surface area contributed by atoms with Gasteiger partial charge >= 0.3 is 0 Å². The zero-order valence-corrected chi connectivity index (χ0v) is 22.3. The highest BCUT2D eigenvalue weighted by Crippen LogP contribution is 2.27. The van der Waals surface area contributed by atoms with Crippen molar-refractivity contribution >= 4 is 50.7 Å². The van der Waals surface area contributed by atoms with Gasteiger partial charge in [-0.05, 0) is 56.5 Å². The Bertz CT molecular complexity index is 1120. The first-order chi connectivity index (χ1) is 15.8. The Kier molecular flexibility index (Phi) is 9.79. The molecule has 2 aromatic carbocycles. The van der Waals surface area contributed by atoms with Gasteiger partial charge in [-0.15, -0.1) is 0 Å². The standard InChI is InChI=1S/C24H31Cl2N3O4S/c1-6-17(3)27-24(31)18(4)28(14-19-10-8-7-9-16(19)2)23(30)15-29(34(5,32)33)22-12-20(25)11-21(26)13-22/h7-13,17-18H,6,14-15H2,1-5H3,(H,27,31). The molecule has 2 aromatic rings. The lowest BCUT2D eigenvalue weighted by atomic mass is 10.1. The number of benzene rings is 2. The van der Waals surface area contributed by atoms with Crippen molar-refractivity contribution in [3.63, 3.8) is 0 Å². The Morgan fingerprint density at radius 3 is 2.18 bits per heavy atom. The summed E-state index contributed by atoms with van der Waals surface area (Å²) in [5, 5.41) is 3.37. The van der Waals surface area contributed by atoms with Gasteiger partial charge in [0.05, 0.1) is 11.9 Å². The molecule has 0 bridgehead atoms. The number of rotatable bonds is 10. The predicted molar refractivity (Wildman–Crippen MR) is 138 cm³/mol. The summed E-state index contributed by atoms with van der Waals surface area (Å²) >= 11 is 12.1. The fourth-order valence-corrected chi connectivity index (χ4v) is 4.66. The molecule has 34 heavy (non-hydrogen) atoms. The number of nitrogens with zero attached hydrogens (tertiary/aromatic N) is 2. The van der Waals surface area contributed by atoms with Crippen molar-refractivity contribution in [2.75, 3.05) is 17.1 Å². The molecule has 0 aliphatic heterocycles. The third-order valence-corrected chi connectivity index (χ3v) is 7.16. The Balaban J connectivity index is 2.43. The highest BCUT2D eigenvalue weighted by molar-refractivity contribution is 7.92. The van der Waals surface area contributed by atoms with Gasteiger partial charge in [-0.3, -0.25) is 13.9 Å². The molecular formula is C24H31Cl2N3O4S. The molecule has 0 heterocycles. The van der Waals surface area contributed by atoms with Gasteiger partial charge in [0.15, 0.2) is 0 Å². The van der Waals surface area contributed by atoms with Crippen molar-refractivity contribution in [2.24, 2.45) is 0 Å². The lowest BCUT2D eigenvalue weighted by molar-refractivity contribution is -0.139. The molecule has 0 spiro atoms. The first kappa shape index (κ1) is 28.0. The van der Waals surface area contributed by atoms with Crippen molar-refractivity contribution in [1.82, 2.24) is 10.2 Å². The molecule has 0 aliphatic rings. The third-order valence-electron chi connectivity index (χ3n) is 5.58. The van der Waals surface area contributed by atoms with Crippen LogP contribution in [-0.4, -0.2) is 50.0 Å².